The summed E-state index contributed by atoms with van der Waals surface area (Å²) < 4.78 is 48.5. The van der Waals surface area contributed by atoms with Crippen LogP contribution in [0.1, 0.15) is 92.1 Å². The lowest BCUT2D eigenvalue weighted by Crippen LogP contribution is -2.57. The molecule has 338 valence electrons. The van der Waals surface area contributed by atoms with E-state index in [2.05, 4.69) is 10.3 Å². The number of carbonyl (C=O) groups is 5. The molecule has 2 saturated heterocycles. The maximum absolute atomic E-state index is 14.9. The van der Waals surface area contributed by atoms with E-state index in [4.69, 9.17) is 33.0 Å². The number of hydrogen-bond acceptors (Lipinski definition) is 15. The molecule has 0 radical (unpaired) electrons. The first-order valence-electron chi connectivity index (χ1n) is 20.7. The van der Waals surface area contributed by atoms with Crippen LogP contribution in [0, 0.1) is 10.8 Å². The lowest BCUT2D eigenvalue weighted by molar-refractivity contribution is -0.177. The molecule has 1 aromatic carbocycles. The molecule has 18 nitrogen and oxygen atoms in total. The van der Waals surface area contributed by atoms with Crippen LogP contribution < -0.4 is 10.2 Å². The highest BCUT2D eigenvalue weighted by Crippen LogP contribution is 2.52. The Labute approximate surface area is 358 Å². The number of nitrogens with one attached hydrogen (secondary N) is 1. The smallest absolute Gasteiger partial charge is 0.409 e. The van der Waals surface area contributed by atoms with Gasteiger partial charge in [0, 0.05) is 58.0 Å². The van der Waals surface area contributed by atoms with Crippen molar-refractivity contribution in [3.05, 3.63) is 42.1 Å². The maximum atomic E-state index is 14.9. The minimum absolute atomic E-state index is 0.0441. The highest BCUT2D eigenvalue weighted by atomic mass is 31.2. The summed E-state index contributed by atoms with van der Waals surface area (Å²) >= 11 is 0. The van der Waals surface area contributed by atoms with Crippen LogP contribution in [0.25, 0.3) is 11.4 Å². The third-order valence-electron chi connectivity index (χ3n) is 9.75. The Hall–Kier alpha value is -4.64. The van der Waals surface area contributed by atoms with Gasteiger partial charge in [-0.25, -0.2) is 14.8 Å². The zero-order chi connectivity index (χ0) is 45.1. The highest BCUT2D eigenvalue weighted by molar-refractivity contribution is 7.54. The molecule has 2 aliphatic heterocycles. The van der Waals surface area contributed by atoms with Crippen LogP contribution in [0.5, 0.6) is 0 Å². The maximum Gasteiger partial charge on any atom is 0.409 e. The summed E-state index contributed by atoms with van der Waals surface area (Å²) in [6.07, 6.45) is -1.95. The molecule has 2 aromatic rings. The SMILES string of the molecule is CCCCOC(=O)N1CCN(C(=O)C(CP(=O)(OC(C)OC(=O)C(C)(C)C)O[C@H](C)OC(=O)C(C)(C)C)NC(=O)c2cc(N3CC[C@H](OC)C3)nc(-c3ccccc3)n2)CC1. The van der Waals surface area contributed by atoms with Gasteiger partial charge in [0.25, 0.3) is 5.91 Å². The van der Waals surface area contributed by atoms with E-state index in [9.17, 15) is 28.5 Å². The number of hydrogen-bond donors (Lipinski definition) is 1. The number of carbonyl (C=O) groups excluding carboxylic acids is 5. The van der Waals surface area contributed by atoms with Gasteiger partial charge >= 0.3 is 25.6 Å². The molecule has 4 rings (SSSR count). The lowest BCUT2D eigenvalue weighted by Gasteiger charge is -2.36. The molecule has 0 saturated carbocycles. The fraction of sp³-hybridized carbons (Fsp3) is 0.643. The quantitative estimate of drug-likeness (QED) is 0.0671. The fourth-order valence-electron chi connectivity index (χ4n) is 6.19. The van der Waals surface area contributed by atoms with Crippen molar-refractivity contribution < 1.29 is 56.5 Å². The predicted octanol–water partition coefficient (Wildman–Crippen LogP) is 5.64. The monoisotopic (exact) mass is 874 g/mol. The van der Waals surface area contributed by atoms with E-state index < -0.39 is 73.1 Å². The molecular formula is C42H63N6O12P. The van der Waals surface area contributed by atoms with Crippen LogP contribution in [0.15, 0.2) is 36.4 Å². The van der Waals surface area contributed by atoms with Gasteiger partial charge < -0.3 is 39.0 Å². The van der Waals surface area contributed by atoms with Crippen LogP contribution in [0.3, 0.4) is 0 Å². The molecule has 3 amide bonds. The van der Waals surface area contributed by atoms with Crippen LogP contribution >= 0.6 is 7.60 Å². The number of aromatic nitrogens is 2. The van der Waals surface area contributed by atoms with Crippen molar-refractivity contribution in [2.45, 2.75) is 106 Å². The number of unbranched alkanes of at least 4 members (excludes halogenated alkanes) is 1. The Kier molecular flexibility index (Phi) is 17.2. The van der Waals surface area contributed by atoms with Crippen molar-refractivity contribution in [3.63, 3.8) is 0 Å². The predicted molar refractivity (Wildman–Crippen MR) is 225 cm³/mol. The van der Waals surface area contributed by atoms with Crippen LogP contribution in [0.4, 0.5) is 10.6 Å². The topological polar surface area (TPSA) is 205 Å². The standard InChI is InChI=1S/C42H63N6O12P/c1-11-12-24-56-40(53)47-22-20-46(21-23-47)37(50)33(27-61(54,59-28(2)57-38(51)41(4,5)6)60-29(3)58-39(52)42(7,8)9)44-36(49)32-25-34(48-19-18-31(26-48)55-10)45-35(43-32)30-16-14-13-15-17-30/h13-17,25,28-29,31,33H,11-12,18-24,26-27H2,1-10H3,(H,44,49)/t28-,29?,31+,33?,61?/m1/s1. The molecule has 0 aliphatic carbocycles. The fourth-order valence-corrected chi connectivity index (χ4v) is 8.09. The van der Waals surface area contributed by atoms with Gasteiger partial charge in [-0.2, -0.15) is 0 Å². The first-order valence-corrected chi connectivity index (χ1v) is 22.5. The second kappa shape index (κ2) is 21.4. The van der Waals surface area contributed by atoms with E-state index in [1.165, 1.54) is 29.7 Å². The summed E-state index contributed by atoms with van der Waals surface area (Å²) in [4.78, 5) is 81.6. The Balaban J connectivity index is 1.72. The Bertz CT molecular complexity index is 1840. The van der Waals surface area contributed by atoms with Crippen LogP contribution in [-0.4, -0.2) is 133 Å². The van der Waals surface area contributed by atoms with Gasteiger partial charge in [0.05, 0.1) is 29.7 Å². The Morgan fingerprint density at radius 2 is 1.43 bits per heavy atom. The van der Waals surface area contributed by atoms with Crippen molar-refractivity contribution >= 4 is 43.3 Å². The normalized spacial score (nSPS) is 18.4. The Morgan fingerprint density at radius 3 is 1.95 bits per heavy atom. The summed E-state index contributed by atoms with van der Waals surface area (Å²) in [6.45, 7) is 16.2. The minimum Gasteiger partial charge on any atom is -0.449 e. The summed E-state index contributed by atoms with van der Waals surface area (Å²) in [5.41, 5.74) is -1.35. The zero-order valence-electron chi connectivity index (χ0n) is 37.1. The zero-order valence-corrected chi connectivity index (χ0v) is 38.0. The molecule has 0 spiro atoms. The summed E-state index contributed by atoms with van der Waals surface area (Å²) in [6, 6.07) is 9.01. The molecule has 2 fully saturated rings. The molecule has 61 heavy (non-hydrogen) atoms. The van der Waals surface area contributed by atoms with Gasteiger partial charge in [0.15, 0.2) is 5.82 Å². The molecule has 1 aromatic heterocycles. The van der Waals surface area contributed by atoms with Crippen molar-refractivity contribution in [3.8, 4) is 11.4 Å². The summed E-state index contributed by atoms with van der Waals surface area (Å²) in [5, 5.41) is 2.73. The number of methoxy groups -OCH3 is 1. The molecule has 3 heterocycles. The average molecular weight is 875 g/mol. The second-order valence-electron chi connectivity index (χ2n) is 17.1. The summed E-state index contributed by atoms with van der Waals surface area (Å²) in [7, 11) is -3.02. The first-order chi connectivity index (χ1) is 28.6. The van der Waals surface area contributed by atoms with Crippen LogP contribution in [-0.2, 0) is 46.9 Å². The molecular weight excluding hydrogens is 811 g/mol. The van der Waals surface area contributed by atoms with E-state index in [1.54, 1.807) is 60.8 Å². The molecule has 19 heteroatoms. The van der Waals surface area contributed by atoms with E-state index in [0.717, 1.165) is 12.8 Å². The first kappa shape index (κ1) is 49.0. The van der Waals surface area contributed by atoms with Gasteiger partial charge in [0.1, 0.15) is 17.6 Å². The molecule has 0 bridgehead atoms. The number of ether oxygens (including phenoxy) is 4. The molecule has 2 aliphatic rings. The largest absolute Gasteiger partial charge is 0.449 e. The molecule has 5 atom stereocenters. The number of anilines is 1. The van der Waals surface area contributed by atoms with Gasteiger partial charge in [-0.15, -0.1) is 0 Å². The van der Waals surface area contributed by atoms with E-state index >= 15 is 0 Å². The van der Waals surface area contributed by atoms with Crippen molar-refractivity contribution in [1.29, 1.82) is 0 Å². The van der Waals surface area contributed by atoms with E-state index in [-0.39, 0.29) is 50.4 Å². The highest BCUT2D eigenvalue weighted by Gasteiger charge is 2.42. The lowest BCUT2D eigenvalue weighted by atomic mass is 9.97. The molecule has 1 N–H and O–H groups in total. The number of benzene rings is 1. The van der Waals surface area contributed by atoms with E-state index in [1.807, 2.05) is 30.0 Å². The average Bonchev–Trinajstić information content (AvgIpc) is 3.69. The third-order valence-corrected chi connectivity index (χ3v) is 11.8. The van der Waals surface area contributed by atoms with Crippen molar-refractivity contribution in [2.75, 3.05) is 64.0 Å². The van der Waals surface area contributed by atoms with Gasteiger partial charge in [-0.05, 0) is 68.2 Å². The number of amides is 3. The Morgan fingerprint density at radius 1 is 0.852 bits per heavy atom. The van der Waals surface area contributed by atoms with Crippen LogP contribution in [0.2, 0.25) is 0 Å². The van der Waals surface area contributed by atoms with Gasteiger partial charge in [-0.1, -0.05) is 43.7 Å². The van der Waals surface area contributed by atoms with E-state index in [0.29, 0.717) is 30.9 Å². The second-order valence-corrected chi connectivity index (χ2v) is 19.2. The third kappa shape index (κ3) is 14.5. The van der Waals surface area contributed by atoms with Gasteiger partial charge in [-0.3, -0.25) is 32.8 Å². The number of esters is 2. The summed E-state index contributed by atoms with van der Waals surface area (Å²) in [5.74, 6) is -2.09. The number of nitrogens with zero attached hydrogens (tertiary/aromatic N) is 5. The van der Waals surface area contributed by atoms with Crippen molar-refractivity contribution in [2.24, 2.45) is 10.8 Å². The minimum atomic E-state index is -4.65. The molecule has 3 unspecified atom stereocenters. The number of piperazine rings is 1. The van der Waals surface area contributed by atoms with Crippen molar-refractivity contribution in [1.82, 2.24) is 25.1 Å². The number of rotatable bonds is 17. The van der Waals surface area contributed by atoms with Gasteiger partial charge in [0.2, 0.25) is 18.5 Å².